The van der Waals surface area contributed by atoms with Gasteiger partial charge in [0.1, 0.15) is 6.61 Å². The average molecular weight is 303 g/mol. The predicted molar refractivity (Wildman–Crippen MR) is 72.0 cm³/mol. The highest BCUT2D eigenvalue weighted by molar-refractivity contribution is 6.33. The Hall–Kier alpha value is -0.770. The van der Waals surface area contributed by atoms with Gasteiger partial charge in [-0.1, -0.05) is 30.2 Å². The summed E-state index contributed by atoms with van der Waals surface area (Å²) in [5.74, 6) is -0.336. The van der Waals surface area contributed by atoms with Crippen LogP contribution in [0.4, 0.5) is 0 Å². The number of carbonyl (C=O) groups excluding carboxylic acids is 1. The van der Waals surface area contributed by atoms with Crippen molar-refractivity contribution < 1.29 is 21.9 Å². The molecule has 5 heteroatoms. The summed E-state index contributed by atoms with van der Waals surface area (Å²) in [5, 5.41) is 0.445. The Labute approximate surface area is 125 Å². The molecule has 0 amide bonds. The maximum absolute atomic E-state index is 11.8. The predicted octanol–water partition coefficient (Wildman–Crippen LogP) is -0.0133. The summed E-state index contributed by atoms with van der Waals surface area (Å²) < 4.78 is 5.25. The maximum atomic E-state index is 11.8. The lowest BCUT2D eigenvalue weighted by Crippen LogP contribution is -3.00. The summed E-state index contributed by atoms with van der Waals surface area (Å²) >= 11 is 5.94. The third kappa shape index (κ3) is 5.01. The van der Waals surface area contributed by atoms with Crippen LogP contribution in [0.2, 0.25) is 5.02 Å². The molecule has 1 aliphatic rings. The summed E-state index contributed by atoms with van der Waals surface area (Å²) in [4.78, 5) is 14.1. The van der Waals surface area contributed by atoms with Crippen LogP contribution in [-0.2, 0) is 4.74 Å². The van der Waals surface area contributed by atoms with E-state index < -0.39 is 0 Å². The number of benzene rings is 1. The lowest BCUT2D eigenvalue weighted by molar-refractivity contribution is -0.0000231. The fourth-order valence-corrected chi connectivity index (χ4v) is 2.37. The lowest BCUT2D eigenvalue weighted by atomic mass is 10.1. The second-order valence-corrected chi connectivity index (χ2v) is 4.93. The van der Waals surface area contributed by atoms with Gasteiger partial charge in [-0.15, -0.1) is 0 Å². The molecule has 2 rings (SSSR count). The van der Waals surface area contributed by atoms with Crippen molar-refractivity contribution in [2.45, 2.75) is 19.3 Å². The molecule has 0 saturated carbocycles. The molecule has 0 spiro atoms. The molecule has 0 N–H and O–H groups in total. The number of likely N-dealkylation sites (tertiary alicyclic amines) is 1. The first kappa shape index (κ1) is 16.3. The molecule has 1 saturated heterocycles. The average Bonchev–Trinajstić information content (AvgIpc) is 2.40. The molecule has 1 fully saturated rings. The molecule has 0 aliphatic carbocycles. The number of hydrogen-bond donors (Lipinski definition) is 0. The number of halogens is 2. The number of piperidine rings is 1. The van der Waals surface area contributed by atoms with E-state index in [-0.39, 0.29) is 18.4 Å². The standard InChI is InChI=1S/C14H18ClNO2.ClH/c15-13-7-3-2-6-12(13)14(17)18-11-10-16-8-4-1-5-9-16;/h2-3,6-7H,1,4-5,8-11H2;1H/p-1. The minimum absolute atomic E-state index is 0. The summed E-state index contributed by atoms with van der Waals surface area (Å²) in [5.41, 5.74) is 0.442. The summed E-state index contributed by atoms with van der Waals surface area (Å²) in [6, 6.07) is 6.97. The third-order valence-electron chi connectivity index (χ3n) is 3.18. The quantitative estimate of drug-likeness (QED) is 0.733. The molecular weight excluding hydrogens is 285 g/mol. The van der Waals surface area contributed by atoms with Crippen LogP contribution in [0.3, 0.4) is 0 Å². The fraction of sp³-hybridized carbons (Fsp3) is 0.500. The zero-order valence-electron chi connectivity index (χ0n) is 10.8. The van der Waals surface area contributed by atoms with Crippen LogP contribution < -0.4 is 12.4 Å². The Kier molecular flexibility index (Phi) is 7.21. The minimum atomic E-state index is -0.336. The van der Waals surface area contributed by atoms with E-state index in [4.69, 9.17) is 16.3 Å². The molecule has 3 nitrogen and oxygen atoms in total. The molecule has 1 aromatic carbocycles. The second-order valence-electron chi connectivity index (χ2n) is 4.52. The van der Waals surface area contributed by atoms with Gasteiger partial charge < -0.3 is 17.1 Å². The van der Waals surface area contributed by atoms with E-state index in [9.17, 15) is 4.79 Å². The summed E-state index contributed by atoms with van der Waals surface area (Å²) in [6.45, 7) is 3.48. The highest BCUT2D eigenvalue weighted by atomic mass is 35.5. The van der Waals surface area contributed by atoms with Crippen LogP contribution in [-0.4, -0.2) is 37.1 Å². The molecule has 106 valence electrons. The van der Waals surface area contributed by atoms with E-state index >= 15 is 0 Å². The van der Waals surface area contributed by atoms with Gasteiger partial charge in [-0.2, -0.15) is 0 Å². The molecule has 19 heavy (non-hydrogen) atoms. The number of rotatable bonds is 4. The fourth-order valence-electron chi connectivity index (χ4n) is 2.15. The van der Waals surface area contributed by atoms with Crippen molar-refractivity contribution in [3.63, 3.8) is 0 Å². The van der Waals surface area contributed by atoms with Crippen molar-refractivity contribution in [2.24, 2.45) is 0 Å². The monoisotopic (exact) mass is 302 g/mol. The van der Waals surface area contributed by atoms with Crippen molar-refractivity contribution in [3.05, 3.63) is 34.9 Å². The Morgan fingerprint density at radius 1 is 1.21 bits per heavy atom. The molecule has 1 aromatic rings. The molecule has 0 bridgehead atoms. The number of ether oxygens (including phenoxy) is 1. The minimum Gasteiger partial charge on any atom is -1.00 e. The van der Waals surface area contributed by atoms with Gasteiger partial charge in [0.15, 0.2) is 0 Å². The molecule has 0 atom stereocenters. The van der Waals surface area contributed by atoms with Crippen molar-refractivity contribution in [3.8, 4) is 0 Å². The van der Waals surface area contributed by atoms with Crippen LogP contribution in [0, 0.1) is 0 Å². The first-order valence-corrected chi connectivity index (χ1v) is 6.79. The first-order chi connectivity index (χ1) is 8.77. The summed E-state index contributed by atoms with van der Waals surface area (Å²) in [7, 11) is 0. The molecule has 0 aromatic heterocycles. The molecule has 1 heterocycles. The topological polar surface area (TPSA) is 29.5 Å². The highest BCUT2D eigenvalue weighted by Crippen LogP contribution is 2.16. The number of esters is 1. The lowest BCUT2D eigenvalue weighted by Gasteiger charge is -2.25. The SMILES string of the molecule is O=C(OCCN1CCCCC1)c1ccccc1Cl.[Cl-]. The Morgan fingerprint density at radius 2 is 1.89 bits per heavy atom. The van der Waals surface area contributed by atoms with Gasteiger partial charge in [0.25, 0.3) is 0 Å². The maximum Gasteiger partial charge on any atom is 0.339 e. The van der Waals surface area contributed by atoms with Crippen molar-refractivity contribution >= 4 is 17.6 Å². The smallest absolute Gasteiger partial charge is 0.339 e. The zero-order chi connectivity index (χ0) is 12.8. The number of nitrogens with zero attached hydrogens (tertiary/aromatic N) is 1. The second kappa shape index (κ2) is 8.41. The van der Waals surface area contributed by atoms with Crippen LogP contribution in [0.25, 0.3) is 0 Å². The third-order valence-corrected chi connectivity index (χ3v) is 3.51. The van der Waals surface area contributed by atoms with Crippen LogP contribution in [0.15, 0.2) is 24.3 Å². The van der Waals surface area contributed by atoms with E-state index in [0.717, 1.165) is 19.6 Å². The molecule has 1 aliphatic heterocycles. The van der Waals surface area contributed by atoms with Gasteiger partial charge in [-0.3, -0.25) is 4.90 Å². The van der Waals surface area contributed by atoms with Crippen LogP contribution >= 0.6 is 11.6 Å². The Balaban J connectivity index is 0.00000180. The normalized spacial score (nSPS) is 15.6. The summed E-state index contributed by atoms with van der Waals surface area (Å²) in [6.07, 6.45) is 3.81. The van der Waals surface area contributed by atoms with Crippen LogP contribution in [0.1, 0.15) is 29.6 Å². The van der Waals surface area contributed by atoms with Crippen molar-refractivity contribution in [2.75, 3.05) is 26.2 Å². The van der Waals surface area contributed by atoms with Crippen LogP contribution in [0.5, 0.6) is 0 Å². The first-order valence-electron chi connectivity index (χ1n) is 6.41. The molecule has 0 unspecified atom stereocenters. The van der Waals surface area contributed by atoms with Crippen molar-refractivity contribution in [1.82, 2.24) is 4.90 Å². The van der Waals surface area contributed by atoms with Gasteiger partial charge >= 0.3 is 5.97 Å². The van der Waals surface area contributed by atoms with Gasteiger partial charge in [0.05, 0.1) is 10.6 Å². The largest absolute Gasteiger partial charge is 1.00 e. The molecule has 0 radical (unpaired) electrons. The Bertz CT molecular complexity index is 406. The molecular formula is C14H18Cl2NO2-. The van der Waals surface area contributed by atoms with E-state index in [1.54, 1.807) is 24.3 Å². The van der Waals surface area contributed by atoms with Gasteiger partial charge in [-0.25, -0.2) is 4.79 Å². The van der Waals surface area contributed by atoms with Crippen molar-refractivity contribution in [1.29, 1.82) is 0 Å². The van der Waals surface area contributed by atoms with Gasteiger partial charge in [0, 0.05) is 6.54 Å². The van der Waals surface area contributed by atoms with E-state index in [1.807, 2.05) is 0 Å². The highest BCUT2D eigenvalue weighted by Gasteiger charge is 2.13. The van der Waals surface area contributed by atoms with Gasteiger partial charge in [-0.05, 0) is 38.1 Å². The zero-order valence-corrected chi connectivity index (χ0v) is 12.3. The number of hydrogen-bond acceptors (Lipinski definition) is 3. The van der Waals surface area contributed by atoms with E-state index in [2.05, 4.69) is 4.90 Å². The van der Waals surface area contributed by atoms with Gasteiger partial charge in [0.2, 0.25) is 0 Å². The van der Waals surface area contributed by atoms with E-state index in [1.165, 1.54) is 19.3 Å². The van der Waals surface area contributed by atoms with E-state index in [0.29, 0.717) is 17.2 Å². The Morgan fingerprint density at radius 3 is 2.58 bits per heavy atom. The number of carbonyl (C=O) groups is 1.